The average molecular weight is 591 g/mol. The number of halogens is 4. The number of aromatic nitrogens is 3. The minimum atomic E-state index is -4.52. The van der Waals surface area contributed by atoms with E-state index < -0.39 is 23.6 Å². The number of alkyl halides is 3. The van der Waals surface area contributed by atoms with E-state index in [1.807, 2.05) is 13.8 Å². The van der Waals surface area contributed by atoms with Crippen LogP contribution in [0.15, 0.2) is 42.7 Å². The van der Waals surface area contributed by atoms with Crippen LogP contribution in [0.1, 0.15) is 25.8 Å². The molecule has 2 aromatic heterocycles. The number of carbonyl (C=O) groups excluding carboxylic acids is 1. The third-order valence-electron chi connectivity index (χ3n) is 7.06. The van der Waals surface area contributed by atoms with Gasteiger partial charge in [-0.15, -0.1) is 0 Å². The lowest BCUT2D eigenvalue weighted by Gasteiger charge is -2.36. The third-order valence-corrected chi connectivity index (χ3v) is 7.35. The van der Waals surface area contributed by atoms with Gasteiger partial charge in [0.2, 0.25) is 5.88 Å². The van der Waals surface area contributed by atoms with E-state index in [2.05, 4.69) is 25.2 Å². The largest absolute Gasteiger partial charge is 0.474 e. The number of nitrogens with one attached hydrogen (secondary N) is 1. The Balaban J connectivity index is 1.21. The molecule has 0 radical (unpaired) electrons. The first-order valence-electron chi connectivity index (χ1n) is 13.0. The monoisotopic (exact) mass is 590 g/mol. The molecule has 216 valence electrons. The molecule has 14 heteroatoms. The van der Waals surface area contributed by atoms with Crippen LogP contribution in [0.5, 0.6) is 5.88 Å². The highest BCUT2D eigenvalue weighted by atomic mass is 35.5. The van der Waals surface area contributed by atoms with Gasteiger partial charge in [-0.25, -0.2) is 19.7 Å². The number of benzene rings is 1. The highest BCUT2D eigenvalue weighted by Crippen LogP contribution is 2.43. The maximum absolute atomic E-state index is 13.5. The Hall–Kier alpha value is -3.68. The number of ether oxygens (including phenoxy) is 3. The molecule has 0 saturated carbocycles. The van der Waals surface area contributed by atoms with Gasteiger partial charge in [-0.3, -0.25) is 10.2 Å². The second-order valence-corrected chi connectivity index (χ2v) is 10.8. The normalized spacial score (nSPS) is 21.1. The summed E-state index contributed by atoms with van der Waals surface area (Å²) in [6, 6.07) is 5.74. The van der Waals surface area contributed by atoms with E-state index in [1.54, 1.807) is 6.07 Å². The van der Waals surface area contributed by atoms with Gasteiger partial charge < -0.3 is 19.1 Å². The van der Waals surface area contributed by atoms with E-state index in [0.29, 0.717) is 37.6 Å². The average Bonchev–Trinajstić information content (AvgIpc) is 3.51. The first-order chi connectivity index (χ1) is 19.5. The molecule has 2 fully saturated rings. The van der Waals surface area contributed by atoms with Crippen LogP contribution in [0.3, 0.4) is 0 Å². The number of urea groups is 1. The van der Waals surface area contributed by atoms with Crippen LogP contribution in [0.25, 0.3) is 11.3 Å². The minimum Gasteiger partial charge on any atom is -0.474 e. The molecule has 2 amide bonds. The van der Waals surface area contributed by atoms with Gasteiger partial charge in [-0.05, 0) is 38.5 Å². The smallest absolute Gasteiger partial charge is 0.416 e. The summed E-state index contributed by atoms with van der Waals surface area (Å²) in [6.45, 7) is 5.54. The maximum atomic E-state index is 13.5. The lowest BCUT2D eigenvalue weighted by atomic mass is 10.1. The molecule has 0 unspecified atom stereocenters. The van der Waals surface area contributed by atoms with E-state index in [0.717, 1.165) is 12.1 Å². The van der Waals surface area contributed by atoms with Crippen LogP contribution in [0.2, 0.25) is 5.02 Å². The van der Waals surface area contributed by atoms with Gasteiger partial charge in [0, 0.05) is 18.7 Å². The SMILES string of the molecule is CC1(C)OC[C@@H](COc2cnc(NC(=O)N3c4nc(-c5cccc(C(F)(F)F)c5)c(Cl)cc4N4CC[C@H]3C4)cn2)O1. The number of anilines is 3. The van der Waals surface area contributed by atoms with Crippen molar-refractivity contribution in [3.05, 3.63) is 53.3 Å². The lowest BCUT2D eigenvalue weighted by Crippen LogP contribution is -2.48. The van der Waals surface area contributed by atoms with Crippen molar-refractivity contribution in [3.63, 3.8) is 0 Å². The van der Waals surface area contributed by atoms with Crippen LogP contribution in [-0.2, 0) is 15.7 Å². The quantitative estimate of drug-likeness (QED) is 0.423. The maximum Gasteiger partial charge on any atom is 0.416 e. The number of amides is 2. The zero-order valence-electron chi connectivity index (χ0n) is 22.1. The number of fused-ring (bicyclic) bond motifs is 4. The molecular formula is C27H26ClF3N6O4. The molecule has 2 bridgehead atoms. The van der Waals surface area contributed by atoms with Gasteiger partial charge in [0.15, 0.2) is 17.4 Å². The summed E-state index contributed by atoms with van der Waals surface area (Å²) in [6.07, 6.45) is -1.31. The van der Waals surface area contributed by atoms with Crippen molar-refractivity contribution >= 4 is 35.0 Å². The van der Waals surface area contributed by atoms with E-state index in [9.17, 15) is 18.0 Å². The zero-order valence-corrected chi connectivity index (χ0v) is 22.9. The molecule has 10 nitrogen and oxygen atoms in total. The molecule has 2 atom stereocenters. The zero-order chi connectivity index (χ0) is 28.9. The van der Waals surface area contributed by atoms with Crippen molar-refractivity contribution in [1.82, 2.24) is 15.0 Å². The van der Waals surface area contributed by atoms with Crippen LogP contribution in [0, 0.1) is 0 Å². The Morgan fingerprint density at radius 1 is 1.24 bits per heavy atom. The number of hydrogen-bond acceptors (Lipinski definition) is 8. The topological polar surface area (TPSA) is 102 Å². The summed E-state index contributed by atoms with van der Waals surface area (Å²) in [7, 11) is 0. The summed E-state index contributed by atoms with van der Waals surface area (Å²) >= 11 is 6.52. The molecule has 3 aromatic rings. The van der Waals surface area contributed by atoms with Gasteiger partial charge in [0.25, 0.3) is 0 Å². The van der Waals surface area contributed by atoms with Crippen LogP contribution in [-0.4, -0.2) is 65.2 Å². The van der Waals surface area contributed by atoms with Crippen molar-refractivity contribution in [2.45, 2.75) is 44.4 Å². The Morgan fingerprint density at radius 2 is 2.07 bits per heavy atom. The molecule has 2 saturated heterocycles. The predicted molar refractivity (Wildman–Crippen MR) is 144 cm³/mol. The summed E-state index contributed by atoms with van der Waals surface area (Å²) in [4.78, 5) is 30.2. The highest BCUT2D eigenvalue weighted by Gasteiger charge is 2.41. The molecule has 3 aliphatic rings. The molecule has 6 rings (SSSR count). The Kier molecular flexibility index (Phi) is 6.91. The number of pyridine rings is 1. The summed E-state index contributed by atoms with van der Waals surface area (Å²) in [5.74, 6) is 0.0967. The molecule has 0 spiro atoms. The van der Waals surface area contributed by atoms with Crippen molar-refractivity contribution in [2.24, 2.45) is 0 Å². The molecule has 41 heavy (non-hydrogen) atoms. The standard InChI is InChI=1S/C27H26ClF3N6O4/c1-26(2)40-14-18(41-26)13-39-22-11-32-21(10-33-22)34-25(38)37-17-6-7-36(12-17)20-9-19(28)23(35-24(20)37)15-4-3-5-16(8-15)27(29,30)31/h3-5,8-11,17-18H,6-7,12-14H2,1-2H3,(H,32,34,38)/t17-,18+/m0/s1. The van der Waals surface area contributed by atoms with E-state index in [1.165, 1.54) is 29.4 Å². The van der Waals surface area contributed by atoms with Crippen LogP contribution < -0.4 is 19.9 Å². The summed E-state index contributed by atoms with van der Waals surface area (Å²) < 4.78 is 56.9. The van der Waals surface area contributed by atoms with Crippen molar-refractivity contribution < 1.29 is 32.2 Å². The Morgan fingerprint density at radius 3 is 2.78 bits per heavy atom. The fourth-order valence-electron chi connectivity index (χ4n) is 5.18. The lowest BCUT2D eigenvalue weighted by molar-refractivity contribution is -0.141. The van der Waals surface area contributed by atoms with Crippen LogP contribution >= 0.6 is 11.6 Å². The van der Waals surface area contributed by atoms with Gasteiger partial charge in [0.05, 0.1) is 47.0 Å². The van der Waals surface area contributed by atoms with Crippen molar-refractivity contribution in [1.29, 1.82) is 0 Å². The van der Waals surface area contributed by atoms with Crippen LogP contribution in [0.4, 0.5) is 35.3 Å². The molecule has 1 aromatic carbocycles. The van der Waals surface area contributed by atoms with Gasteiger partial charge >= 0.3 is 12.2 Å². The van der Waals surface area contributed by atoms with Gasteiger partial charge in [0.1, 0.15) is 12.7 Å². The second kappa shape index (κ2) is 10.3. The fourth-order valence-corrected chi connectivity index (χ4v) is 5.43. The second-order valence-electron chi connectivity index (χ2n) is 10.4. The molecule has 5 heterocycles. The van der Waals surface area contributed by atoms with Gasteiger partial charge in [-0.2, -0.15) is 13.2 Å². The van der Waals surface area contributed by atoms with E-state index in [-0.39, 0.29) is 46.7 Å². The molecule has 3 aliphatic heterocycles. The first-order valence-corrected chi connectivity index (χ1v) is 13.3. The van der Waals surface area contributed by atoms with Gasteiger partial charge in [-0.1, -0.05) is 23.7 Å². The fraction of sp³-hybridized carbons (Fsp3) is 0.407. The first kappa shape index (κ1) is 27.5. The Labute approximate surface area is 238 Å². The number of carbonyl (C=O) groups is 1. The predicted octanol–water partition coefficient (Wildman–Crippen LogP) is 5.37. The summed E-state index contributed by atoms with van der Waals surface area (Å²) in [5.41, 5.74) is 0.160. The van der Waals surface area contributed by atoms with E-state index >= 15 is 0 Å². The minimum absolute atomic E-state index is 0.151. The molecular weight excluding hydrogens is 565 g/mol. The van der Waals surface area contributed by atoms with E-state index in [4.69, 9.17) is 25.8 Å². The Bertz CT molecular complexity index is 1470. The number of rotatable bonds is 5. The third kappa shape index (κ3) is 5.61. The van der Waals surface area contributed by atoms with Crippen molar-refractivity contribution in [2.75, 3.05) is 41.4 Å². The highest BCUT2D eigenvalue weighted by molar-refractivity contribution is 6.33. The molecule has 0 aliphatic carbocycles. The van der Waals surface area contributed by atoms with Crippen molar-refractivity contribution in [3.8, 4) is 17.1 Å². The number of nitrogens with zero attached hydrogens (tertiary/aromatic N) is 5. The molecule has 1 N–H and O–H groups in total. The summed E-state index contributed by atoms with van der Waals surface area (Å²) in [5, 5.41) is 2.93. The number of hydrogen-bond donors (Lipinski definition) is 1.